The number of phenols is 1. The van der Waals surface area contributed by atoms with E-state index in [9.17, 15) is 14.7 Å². The number of benzene rings is 2. The second-order valence-electron chi connectivity index (χ2n) is 7.19. The highest BCUT2D eigenvalue weighted by Gasteiger charge is 2.25. The highest BCUT2D eigenvalue weighted by molar-refractivity contribution is 5.97. The van der Waals surface area contributed by atoms with E-state index < -0.39 is 0 Å². The molecule has 0 bridgehead atoms. The van der Waals surface area contributed by atoms with Crippen LogP contribution in [-0.2, 0) is 28.8 Å². The molecule has 0 fully saturated rings. The quantitative estimate of drug-likeness (QED) is 0.540. The van der Waals surface area contributed by atoms with Crippen LogP contribution in [0.3, 0.4) is 0 Å². The van der Waals surface area contributed by atoms with Gasteiger partial charge in [-0.25, -0.2) is 0 Å². The average molecular weight is 398 g/mol. The fourth-order valence-corrected chi connectivity index (χ4v) is 3.53. The van der Waals surface area contributed by atoms with Gasteiger partial charge >= 0.3 is 5.97 Å². The van der Waals surface area contributed by atoms with Crippen molar-refractivity contribution >= 4 is 11.8 Å². The Bertz CT molecular complexity index is 918. The number of esters is 1. The maximum absolute atomic E-state index is 11.7. The molecule has 0 aliphatic carbocycles. The van der Waals surface area contributed by atoms with Gasteiger partial charge in [0.05, 0.1) is 19.1 Å². The first-order valence-electron chi connectivity index (χ1n) is 9.76. The van der Waals surface area contributed by atoms with E-state index in [1.54, 1.807) is 12.1 Å². The molecule has 29 heavy (non-hydrogen) atoms. The predicted octanol–water partition coefficient (Wildman–Crippen LogP) is 3.65. The second-order valence-corrected chi connectivity index (χ2v) is 7.19. The molecule has 0 spiro atoms. The molecule has 0 radical (unpaired) electrons. The monoisotopic (exact) mass is 398 g/mol. The summed E-state index contributed by atoms with van der Waals surface area (Å²) in [6.07, 6.45) is 2.17. The van der Waals surface area contributed by atoms with Crippen LogP contribution in [0.25, 0.3) is 0 Å². The van der Waals surface area contributed by atoms with Gasteiger partial charge < -0.3 is 19.3 Å². The third-order valence-electron chi connectivity index (χ3n) is 4.99. The van der Waals surface area contributed by atoms with E-state index >= 15 is 0 Å². The minimum absolute atomic E-state index is 0.0000662. The Morgan fingerprint density at radius 2 is 2.03 bits per heavy atom. The van der Waals surface area contributed by atoms with Crippen molar-refractivity contribution in [3.8, 4) is 17.2 Å². The zero-order valence-electron chi connectivity index (χ0n) is 17.0. The average Bonchev–Trinajstić information content (AvgIpc) is 3.10. The summed E-state index contributed by atoms with van der Waals surface area (Å²) in [6.45, 7) is 3.76. The van der Waals surface area contributed by atoms with E-state index in [-0.39, 0.29) is 30.0 Å². The number of phenolic OH excluding ortho intramolecular Hbond substituents is 1. The number of rotatable bonds is 8. The van der Waals surface area contributed by atoms with E-state index in [1.807, 2.05) is 25.1 Å². The molecule has 1 N–H and O–H groups in total. The SMILES string of the molecule is CCCc1c(OCC2Cc3cc(CC(=O)OC)ccc3O2)ccc(C(C)=O)c1O. The maximum Gasteiger partial charge on any atom is 0.309 e. The summed E-state index contributed by atoms with van der Waals surface area (Å²) in [4.78, 5) is 23.2. The first kappa shape index (κ1) is 20.7. The zero-order valence-corrected chi connectivity index (χ0v) is 17.0. The Hall–Kier alpha value is -3.02. The predicted molar refractivity (Wildman–Crippen MR) is 108 cm³/mol. The van der Waals surface area contributed by atoms with E-state index in [4.69, 9.17) is 14.2 Å². The number of hydrogen-bond donors (Lipinski definition) is 1. The summed E-state index contributed by atoms with van der Waals surface area (Å²) >= 11 is 0. The Balaban J connectivity index is 1.68. The smallest absolute Gasteiger partial charge is 0.309 e. The van der Waals surface area contributed by atoms with E-state index in [0.29, 0.717) is 36.3 Å². The summed E-state index contributed by atoms with van der Waals surface area (Å²) in [5, 5.41) is 10.5. The Morgan fingerprint density at radius 3 is 2.72 bits per heavy atom. The summed E-state index contributed by atoms with van der Waals surface area (Å²) in [5.41, 5.74) is 2.87. The standard InChI is InChI=1S/C23H26O6/c1-4-5-19-21(9-7-18(14(2)24)23(19)26)28-13-17-12-16-10-15(11-22(25)27-3)6-8-20(16)29-17/h6-10,17,26H,4-5,11-13H2,1-3H3. The Morgan fingerprint density at radius 1 is 1.24 bits per heavy atom. The highest BCUT2D eigenvalue weighted by atomic mass is 16.5. The van der Waals surface area contributed by atoms with Crippen LogP contribution in [0.2, 0.25) is 0 Å². The molecule has 0 saturated heterocycles. The molecule has 1 unspecified atom stereocenters. The van der Waals surface area contributed by atoms with Crippen molar-refractivity contribution in [2.45, 2.75) is 45.6 Å². The molecule has 1 aliphatic heterocycles. The molecular weight excluding hydrogens is 372 g/mol. The third-order valence-corrected chi connectivity index (χ3v) is 4.99. The molecular formula is C23H26O6. The highest BCUT2D eigenvalue weighted by Crippen LogP contribution is 2.34. The van der Waals surface area contributed by atoms with Crippen LogP contribution in [0.4, 0.5) is 0 Å². The molecule has 6 nitrogen and oxygen atoms in total. The third kappa shape index (κ3) is 4.70. The molecule has 6 heteroatoms. The minimum Gasteiger partial charge on any atom is -0.507 e. The lowest BCUT2D eigenvalue weighted by atomic mass is 10.0. The van der Waals surface area contributed by atoms with Crippen LogP contribution >= 0.6 is 0 Å². The number of carbonyl (C=O) groups excluding carboxylic acids is 2. The molecule has 0 saturated carbocycles. The molecule has 1 aliphatic rings. The van der Waals surface area contributed by atoms with Crippen LogP contribution in [0.1, 0.15) is 47.3 Å². The number of Topliss-reactive ketones (excluding diaryl/α,β-unsaturated/α-hetero) is 1. The normalized spacial score (nSPS) is 14.8. The maximum atomic E-state index is 11.7. The van der Waals surface area contributed by atoms with E-state index in [1.165, 1.54) is 14.0 Å². The summed E-state index contributed by atoms with van der Waals surface area (Å²) < 4.78 is 16.6. The molecule has 2 aromatic carbocycles. The van der Waals surface area contributed by atoms with Crippen LogP contribution in [0.15, 0.2) is 30.3 Å². The number of ether oxygens (including phenoxy) is 3. The molecule has 1 atom stereocenters. The molecule has 1 heterocycles. The molecule has 3 rings (SSSR count). The lowest BCUT2D eigenvalue weighted by Gasteiger charge is -2.17. The molecule has 2 aromatic rings. The lowest BCUT2D eigenvalue weighted by Crippen LogP contribution is -2.22. The van der Waals surface area contributed by atoms with Crippen LogP contribution in [0.5, 0.6) is 17.2 Å². The van der Waals surface area contributed by atoms with Gasteiger partial charge in [0, 0.05) is 12.0 Å². The summed E-state index contributed by atoms with van der Waals surface area (Å²) in [5.74, 6) is 0.903. The summed E-state index contributed by atoms with van der Waals surface area (Å²) in [6, 6.07) is 9.01. The van der Waals surface area contributed by atoms with Gasteiger partial charge in [-0.1, -0.05) is 25.5 Å². The largest absolute Gasteiger partial charge is 0.507 e. The number of methoxy groups -OCH3 is 1. The van der Waals surface area contributed by atoms with Gasteiger partial charge in [0.1, 0.15) is 30.0 Å². The van der Waals surface area contributed by atoms with Crippen molar-refractivity contribution in [1.29, 1.82) is 0 Å². The van der Waals surface area contributed by atoms with Gasteiger partial charge in [0.25, 0.3) is 0 Å². The van der Waals surface area contributed by atoms with Crippen molar-refractivity contribution in [2.75, 3.05) is 13.7 Å². The summed E-state index contributed by atoms with van der Waals surface area (Å²) in [7, 11) is 1.37. The topological polar surface area (TPSA) is 82.1 Å². The molecule has 0 amide bonds. The Kier molecular flexibility index (Phi) is 6.42. The van der Waals surface area contributed by atoms with Crippen molar-refractivity contribution in [3.05, 3.63) is 52.6 Å². The van der Waals surface area contributed by atoms with Gasteiger partial charge in [-0.2, -0.15) is 0 Å². The van der Waals surface area contributed by atoms with E-state index in [0.717, 1.165) is 23.3 Å². The van der Waals surface area contributed by atoms with Gasteiger partial charge in [-0.3, -0.25) is 9.59 Å². The van der Waals surface area contributed by atoms with Crippen molar-refractivity contribution in [3.63, 3.8) is 0 Å². The van der Waals surface area contributed by atoms with Crippen LogP contribution in [-0.4, -0.2) is 36.7 Å². The first-order valence-corrected chi connectivity index (χ1v) is 9.76. The first-order chi connectivity index (χ1) is 13.9. The number of ketones is 1. The van der Waals surface area contributed by atoms with Crippen LogP contribution < -0.4 is 9.47 Å². The number of fused-ring (bicyclic) bond motifs is 1. The minimum atomic E-state index is -0.277. The van der Waals surface area contributed by atoms with Gasteiger partial charge in [0.15, 0.2) is 5.78 Å². The fraction of sp³-hybridized carbons (Fsp3) is 0.391. The van der Waals surface area contributed by atoms with E-state index in [2.05, 4.69) is 0 Å². The van der Waals surface area contributed by atoms with Crippen molar-refractivity contribution in [2.24, 2.45) is 0 Å². The van der Waals surface area contributed by atoms with Crippen molar-refractivity contribution in [1.82, 2.24) is 0 Å². The molecule has 0 aromatic heterocycles. The van der Waals surface area contributed by atoms with Gasteiger partial charge in [0.2, 0.25) is 0 Å². The fourth-order valence-electron chi connectivity index (χ4n) is 3.53. The zero-order chi connectivity index (χ0) is 21.0. The lowest BCUT2D eigenvalue weighted by molar-refractivity contribution is -0.139. The number of aromatic hydroxyl groups is 1. The molecule has 154 valence electrons. The Labute approximate surface area is 170 Å². The second kappa shape index (κ2) is 8.99. The van der Waals surface area contributed by atoms with Crippen molar-refractivity contribution < 1.29 is 28.9 Å². The van der Waals surface area contributed by atoms with Gasteiger partial charge in [-0.15, -0.1) is 0 Å². The number of carbonyl (C=O) groups is 2. The van der Waals surface area contributed by atoms with Gasteiger partial charge in [-0.05, 0) is 42.7 Å². The van der Waals surface area contributed by atoms with Crippen LogP contribution in [0, 0.1) is 0 Å². The number of hydrogen-bond acceptors (Lipinski definition) is 6.